The summed E-state index contributed by atoms with van der Waals surface area (Å²) < 4.78 is 0. The molecule has 0 atom stereocenters. The molecule has 1 rings (SSSR count). The lowest BCUT2D eigenvalue weighted by Crippen LogP contribution is -2.29. The average Bonchev–Trinajstić information content (AvgIpc) is 2.33. The van der Waals surface area contributed by atoms with Crippen LogP contribution in [0.2, 0.25) is 0 Å². The minimum Gasteiger partial charge on any atom is -0.384 e. The van der Waals surface area contributed by atoms with E-state index in [0.29, 0.717) is 12.2 Å². The third kappa shape index (κ3) is 4.89. The highest BCUT2D eigenvalue weighted by Crippen LogP contribution is 2.13. The summed E-state index contributed by atoms with van der Waals surface area (Å²) in [4.78, 5) is 11.5. The SMILES string of the molecule is CCCNC(=O)Nc1cc(C)cc(C#CCO)c1. The maximum absolute atomic E-state index is 11.5. The monoisotopic (exact) mass is 246 g/mol. The molecule has 0 bridgehead atoms. The zero-order valence-corrected chi connectivity index (χ0v) is 10.7. The maximum atomic E-state index is 11.5. The highest BCUT2D eigenvalue weighted by molar-refractivity contribution is 5.89. The number of aryl methyl sites for hydroxylation is 1. The lowest BCUT2D eigenvalue weighted by molar-refractivity contribution is 0.252. The zero-order valence-electron chi connectivity index (χ0n) is 10.7. The molecule has 0 spiro atoms. The van der Waals surface area contributed by atoms with Crippen molar-refractivity contribution in [3.8, 4) is 11.8 Å². The molecule has 4 heteroatoms. The van der Waals surface area contributed by atoms with Crippen LogP contribution in [-0.4, -0.2) is 24.3 Å². The van der Waals surface area contributed by atoms with Crippen molar-refractivity contribution < 1.29 is 9.90 Å². The molecule has 4 nitrogen and oxygen atoms in total. The van der Waals surface area contributed by atoms with Gasteiger partial charge in [-0.25, -0.2) is 4.79 Å². The van der Waals surface area contributed by atoms with Crippen molar-refractivity contribution in [2.45, 2.75) is 20.3 Å². The Morgan fingerprint density at radius 2 is 2.17 bits per heavy atom. The van der Waals surface area contributed by atoms with E-state index in [1.807, 2.05) is 26.0 Å². The number of aliphatic hydroxyl groups excluding tert-OH is 1. The second-order valence-corrected chi connectivity index (χ2v) is 3.93. The highest BCUT2D eigenvalue weighted by atomic mass is 16.2. The summed E-state index contributed by atoms with van der Waals surface area (Å²) >= 11 is 0. The van der Waals surface area contributed by atoms with Gasteiger partial charge < -0.3 is 15.7 Å². The van der Waals surface area contributed by atoms with E-state index >= 15 is 0 Å². The lowest BCUT2D eigenvalue weighted by atomic mass is 10.1. The number of anilines is 1. The van der Waals surface area contributed by atoms with Gasteiger partial charge in [0.25, 0.3) is 0 Å². The summed E-state index contributed by atoms with van der Waals surface area (Å²) in [6.45, 7) is 4.40. The Labute approximate surface area is 107 Å². The average molecular weight is 246 g/mol. The molecule has 3 N–H and O–H groups in total. The van der Waals surface area contributed by atoms with Gasteiger partial charge in [-0.3, -0.25) is 0 Å². The number of rotatable bonds is 3. The Balaban J connectivity index is 2.76. The van der Waals surface area contributed by atoms with Gasteiger partial charge in [-0.15, -0.1) is 0 Å². The van der Waals surface area contributed by atoms with Crippen molar-refractivity contribution in [3.05, 3.63) is 29.3 Å². The molecule has 0 unspecified atom stereocenters. The predicted octanol–water partition coefficient (Wildman–Crippen LogP) is 1.87. The van der Waals surface area contributed by atoms with E-state index in [0.717, 1.165) is 17.5 Å². The predicted molar refractivity (Wildman–Crippen MR) is 72.5 cm³/mol. The normalized spacial score (nSPS) is 9.28. The number of amides is 2. The van der Waals surface area contributed by atoms with E-state index in [1.165, 1.54) is 0 Å². The highest BCUT2D eigenvalue weighted by Gasteiger charge is 2.02. The van der Waals surface area contributed by atoms with Crippen LogP contribution in [0.3, 0.4) is 0 Å². The molecule has 1 aromatic carbocycles. The molecule has 0 aromatic heterocycles. The molecule has 0 radical (unpaired) electrons. The first-order valence-electron chi connectivity index (χ1n) is 5.92. The fourth-order valence-electron chi connectivity index (χ4n) is 1.48. The Bertz CT molecular complexity index is 472. The van der Waals surface area contributed by atoms with Crippen LogP contribution in [0.1, 0.15) is 24.5 Å². The molecule has 0 aliphatic carbocycles. The van der Waals surface area contributed by atoms with E-state index in [4.69, 9.17) is 5.11 Å². The number of carbonyl (C=O) groups excluding carboxylic acids is 1. The molecule has 1 aromatic rings. The first-order chi connectivity index (χ1) is 8.65. The van der Waals surface area contributed by atoms with Crippen molar-refractivity contribution in [1.29, 1.82) is 0 Å². The standard InChI is InChI=1S/C14H18N2O2/c1-3-6-15-14(18)16-13-9-11(2)8-12(10-13)5-4-7-17/h8-10,17H,3,6-7H2,1-2H3,(H2,15,16,18). The molecule has 0 saturated carbocycles. The number of hydrogen-bond donors (Lipinski definition) is 3. The molecule has 96 valence electrons. The summed E-state index contributed by atoms with van der Waals surface area (Å²) in [6.07, 6.45) is 0.897. The van der Waals surface area contributed by atoms with Crippen molar-refractivity contribution in [2.24, 2.45) is 0 Å². The number of hydrogen-bond acceptors (Lipinski definition) is 2. The number of nitrogens with one attached hydrogen (secondary N) is 2. The van der Waals surface area contributed by atoms with Crippen LogP contribution >= 0.6 is 0 Å². The van der Waals surface area contributed by atoms with E-state index in [-0.39, 0.29) is 12.6 Å². The molecule has 0 heterocycles. The van der Waals surface area contributed by atoms with Crippen molar-refractivity contribution in [3.63, 3.8) is 0 Å². The smallest absolute Gasteiger partial charge is 0.319 e. The Hall–Kier alpha value is -1.99. The number of aliphatic hydroxyl groups is 1. The van der Waals surface area contributed by atoms with Crippen LogP contribution in [0.5, 0.6) is 0 Å². The zero-order chi connectivity index (χ0) is 13.4. The van der Waals surface area contributed by atoms with Crippen LogP contribution in [0, 0.1) is 18.8 Å². The maximum Gasteiger partial charge on any atom is 0.319 e. The second kappa shape index (κ2) is 7.36. The molecule has 2 amide bonds. The summed E-state index contributed by atoms with van der Waals surface area (Å²) in [7, 11) is 0. The first-order valence-corrected chi connectivity index (χ1v) is 5.92. The quantitative estimate of drug-likeness (QED) is 0.713. The third-order valence-corrected chi connectivity index (χ3v) is 2.18. The second-order valence-electron chi connectivity index (χ2n) is 3.93. The van der Waals surface area contributed by atoms with Crippen LogP contribution in [0.4, 0.5) is 10.5 Å². The molecule has 0 fully saturated rings. The van der Waals surface area contributed by atoms with Gasteiger partial charge in [0.15, 0.2) is 0 Å². The largest absolute Gasteiger partial charge is 0.384 e. The Morgan fingerprint density at radius 3 is 2.83 bits per heavy atom. The fraction of sp³-hybridized carbons (Fsp3) is 0.357. The van der Waals surface area contributed by atoms with Gasteiger partial charge in [0.1, 0.15) is 6.61 Å². The van der Waals surface area contributed by atoms with Crippen molar-refractivity contribution in [1.82, 2.24) is 5.32 Å². The van der Waals surface area contributed by atoms with E-state index in [1.54, 1.807) is 6.07 Å². The summed E-state index contributed by atoms with van der Waals surface area (Å²) in [6, 6.07) is 5.33. The van der Waals surface area contributed by atoms with Gasteiger partial charge >= 0.3 is 6.03 Å². The topological polar surface area (TPSA) is 61.4 Å². The molecular formula is C14H18N2O2. The minimum absolute atomic E-state index is 0.173. The number of carbonyl (C=O) groups is 1. The summed E-state index contributed by atoms with van der Waals surface area (Å²) in [5.41, 5.74) is 2.48. The Morgan fingerprint density at radius 1 is 1.39 bits per heavy atom. The van der Waals surface area contributed by atoms with Crippen molar-refractivity contribution in [2.75, 3.05) is 18.5 Å². The lowest BCUT2D eigenvalue weighted by Gasteiger charge is -2.08. The fourth-order valence-corrected chi connectivity index (χ4v) is 1.48. The van der Waals surface area contributed by atoms with Gasteiger partial charge in [0, 0.05) is 17.8 Å². The van der Waals surface area contributed by atoms with Crippen LogP contribution in [0.25, 0.3) is 0 Å². The summed E-state index contributed by atoms with van der Waals surface area (Å²) in [5.74, 6) is 5.40. The van der Waals surface area contributed by atoms with Crippen LogP contribution < -0.4 is 10.6 Å². The van der Waals surface area contributed by atoms with Crippen LogP contribution in [-0.2, 0) is 0 Å². The number of benzene rings is 1. The third-order valence-electron chi connectivity index (χ3n) is 2.18. The van der Waals surface area contributed by atoms with Crippen LogP contribution in [0.15, 0.2) is 18.2 Å². The molecule has 0 aliphatic heterocycles. The first kappa shape index (κ1) is 14.1. The van der Waals surface area contributed by atoms with Gasteiger partial charge in [-0.2, -0.15) is 0 Å². The van der Waals surface area contributed by atoms with E-state index in [2.05, 4.69) is 22.5 Å². The van der Waals surface area contributed by atoms with Gasteiger partial charge in [-0.1, -0.05) is 18.8 Å². The Kier molecular flexibility index (Phi) is 5.75. The van der Waals surface area contributed by atoms with E-state index in [9.17, 15) is 4.79 Å². The summed E-state index contributed by atoms with van der Waals surface area (Å²) in [5, 5.41) is 14.1. The van der Waals surface area contributed by atoms with E-state index < -0.39 is 0 Å². The molecular weight excluding hydrogens is 228 g/mol. The van der Waals surface area contributed by atoms with Gasteiger partial charge in [0.2, 0.25) is 0 Å². The molecule has 0 aliphatic rings. The minimum atomic E-state index is -0.219. The van der Waals surface area contributed by atoms with Gasteiger partial charge in [-0.05, 0) is 37.1 Å². The number of urea groups is 1. The van der Waals surface area contributed by atoms with Gasteiger partial charge in [0.05, 0.1) is 0 Å². The molecule has 18 heavy (non-hydrogen) atoms. The molecule has 0 saturated heterocycles. The van der Waals surface area contributed by atoms with Crippen molar-refractivity contribution >= 4 is 11.7 Å².